The van der Waals surface area contributed by atoms with Gasteiger partial charge in [-0.2, -0.15) is 15.1 Å². The third-order valence-corrected chi connectivity index (χ3v) is 3.16. The van der Waals surface area contributed by atoms with Gasteiger partial charge in [-0.1, -0.05) is 0 Å². The number of nitrogens with zero attached hydrogens (tertiary/aromatic N) is 3. The van der Waals surface area contributed by atoms with Gasteiger partial charge in [-0.05, 0) is 6.92 Å². The van der Waals surface area contributed by atoms with Crippen molar-refractivity contribution in [2.24, 2.45) is 0 Å². The smallest absolute Gasteiger partial charge is 0.224 e. The molecule has 2 heterocycles. The number of nitrogens with two attached hydrogens (primary N) is 1. The molecule has 0 aliphatic rings. The molecule has 8 heteroatoms. The Morgan fingerprint density at radius 3 is 3.06 bits per heavy atom. The monoisotopic (exact) mass is 254 g/mol. The number of nitrogens with one attached hydrogen (secondary N) is 2. The maximum Gasteiger partial charge on any atom is 0.224 e. The van der Waals surface area contributed by atoms with Crippen LogP contribution in [0.25, 0.3) is 11.0 Å². The van der Waals surface area contributed by atoms with Gasteiger partial charge in [0.25, 0.3) is 0 Å². The van der Waals surface area contributed by atoms with Gasteiger partial charge in [0.2, 0.25) is 5.95 Å². The van der Waals surface area contributed by atoms with E-state index in [0.29, 0.717) is 17.2 Å². The Morgan fingerprint density at radius 2 is 2.35 bits per heavy atom. The molecular weight excluding hydrogens is 240 g/mol. The van der Waals surface area contributed by atoms with E-state index in [1.807, 2.05) is 6.92 Å². The summed E-state index contributed by atoms with van der Waals surface area (Å²) in [5, 5.41) is 10.6. The van der Waals surface area contributed by atoms with Gasteiger partial charge in [0.05, 0.1) is 11.6 Å². The minimum atomic E-state index is -0.859. The van der Waals surface area contributed by atoms with Crippen LogP contribution < -0.4 is 11.1 Å². The minimum absolute atomic E-state index is 0.0354. The first-order chi connectivity index (χ1) is 8.06. The lowest BCUT2D eigenvalue weighted by Crippen LogP contribution is -2.23. The Balaban J connectivity index is 2.28. The number of hydrogen-bond acceptors (Lipinski definition) is 6. The summed E-state index contributed by atoms with van der Waals surface area (Å²) in [4.78, 5) is 8.13. The number of nitrogen functional groups attached to an aromatic ring is 1. The lowest BCUT2D eigenvalue weighted by Gasteiger charge is -2.13. The summed E-state index contributed by atoms with van der Waals surface area (Å²) in [6, 6.07) is 0.0354. The largest absolute Gasteiger partial charge is 0.368 e. The molecular formula is C9H14N6OS. The molecule has 4 N–H and O–H groups in total. The molecule has 17 heavy (non-hydrogen) atoms. The summed E-state index contributed by atoms with van der Waals surface area (Å²) in [6.45, 7) is 1.94. The van der Waals surface area contributed by atoms with Crippen molar-refractivity contribution in [3.05, 3.63) is 6.20 Å². The van der Waals surface area contributed by atoms with Gasteiger partial charge in [0.1, 0.15) is 5.82 Å². The van der Waals surface area contributed by atoms with E-state index in [2.05, 4.69) is 25.5 Å². The standard InChI is InChI=1S/C9H14N6OS/c1-5(4-17(2)16)12-7-6-3-11-15-8(6)14-9(10)13-7/h3,5H,4H2,1-2H3,(H4,10,11,12,13,14,15). The molecule has 0 fully saturated rings. The van der Waals surface area contributed by atoms with E-state index < -0.39 is 10.8 Å². The summed E-state index contributed by atoms with van der Waals surface area (Å²) in [5.74, 6) is 1.33. The molecule has 2 aromatic rings. The van der Waals surface area contributed by atoms with Gasteiger partial charge in [-0.15, -0.1) is 0 Å². The Hall–Kier alpha value is -1.70. The molecule has 0 aliphatic carbocycles. The molecule has 0 saturated carbocycles. The lowest BCUT2D eigenvalue weighted by atomic mass is 10.3. The van der Waals surface area contributed by atoms with Crippen LogP contribution in [-0.4, -0.2) is 42.4 Å². The molecule has 0 aromatic carbocycles. The van der Waals surface area contributed by atoms with Crippen LogP contribution in [0.1, 0.15) is 6.92 Å². The van der Waals surface area contributed by atoms with Crippen LogP contribution in [0.2, 0.25) is 0 Å². The zero-order valence-corrected chi connectivity index (χ0v) is 10.4. The molecule has 2 rings (SSSR count). The van der Waals surface area contributed by atoms with Crippen molar-refractivity contribution < 1.29 is 4.21 Å². The quantitative estimate of drug-likeness (QED) is 0.714. The van der Waals surface area contributed by atoms with E-state index in [1.165, 1.54) is 0 Å². The highest BCUT2D eigenvalue weighted by atomic mass is 32.2. The van der Waals surface area contributed by atoms with E-state index in [9.17, 15) is 4.21 Å². The fraction of sp³-hybridized carbons (Fsp3) is 0.444. The van der Waals surface area contributed by atoms with Crippen molar-refractivity contribution >= 4 is 33.6 Å². The number of aromatic nitrogens is 4. The topological polar surface area (TPSA) is 110 Å². The molecule has 0 spiro atoms. The average Bonchev–Trinajstić information content (AvgIpc) is 2.63. The van der Waals surface area contributed by atoms with Gasteiger partial charge in [0.15, 0.2) is 5.65 Å². The predicted molar refractivity (Wildman–Crippen MR) is 68.1 cm³/mol. The number of aromatic amines is 1. The summed E-state index contributed by atoms with van der Waals surface area (Å²) in [7, 11) is -0.859. The third kappa shape index (κ3) is 2.70. The molecule has 2 unspecified atom stereocenters. The maximum atomic E-state index is 11.1. The Bertz CT molecular complexity index is 553. The molecule has 7 nitrogen and oxygen atoms in total. The number of hydrogen-bond donors (Lipinski definition) is 3. The zero-order valence-electron chi connectivity index (χ0n) is 9.60. The normalized spacial score (nSPS) is 14.7. The average molecular weight is 254 g/mol. The summed E-state index contributed by atoms with van der Waals surface area (Å²) >= 11 is 0. The Labute approximate surface area is 101 Å². The van der Waals surface area contributed by atoms with Crippen molar-refractivity contribution in [3.63, 3.8) is 0 Å². The van der Waals surface area contributed by atoms with Crippen molar-refractivity contribution in [3.8, 4) is 0 Å². The first-order valence-electron chi connectivity index (χ1n) is 5.09. The van der Waals surface area contributed by atoms with Crippen LogP contribution >= 0.6 is 0 Å². The van der Waals surface area contributed by atoms with Gasteiger partial charge < -0.3 is 11.1 Å². The summed E-state index contributed by atoms with van der Waals surface area (Å²) in [5.41, 5.74) is 6.18. The summed E-state index contributed by atoms with van der Waals surface area (Å²) in [6.07, 6.45) is 3.30. The maximum absolute atomic E-state index is 11.1. The molecule has 0 saturated heterocycles. The Morgan fingerprint density at radius 1 is 1.59 bits per heavy atom. The van der Waals surface area contributed by atoms with Crippen molar-refractivity contribution in [1.29, 1.82) is 0 Å². The van der Waals surface area contributed by atoms with E-state index in [4.69, 9.17) is 5.73 Å². The van der Waals surface area contributed by atoms with Crippen LogP contribution in [-0.2, 0) is 10.8 Å². The minimum Gasteiger partial charge on any atom is -0.368 e. The molecule has 2 aromatic heterocycles. The molecule has 0 amide bonds. The molecule has 2 atom stereocenters. The van der Waals surface area contributed by atoms with Crippen LogP contribution in [0.15, 0.2) is 6.20 Å². The number of H-pyrrole nitrogens is 1. The van der Waals surface area contributed by atoms with Crippen LogP contribution in [0, 0.1) is 0 Å². The number of fused-ring (bicyclic) bond motifs is 1. The second-order valence-electron chi connectivity index (χ2n) is 3.85. The van der Waals surface area contributed by atoms with E-state index in [0.717, 1.165) is 5.39 Å². The van der Waals surface area contributed by atoms with Gasteiger partial charge in [0, 0.05) is 28.9 Å². The van der Waals surface area contributed by atoms with E-state index in [1.54, 1.807) is 12.5 Å². The zero-order chi connectivity index (χ0) is 12.4. The highest BCUT2D eigenvalue weighted by molar-refractivity contribution is 7.84. The molecule has 0 aliphatic heterocycles. The van der Waals surface area contributed by atoms with Crippen LogP contribution in [0.3, 0.4) is 0 Å². The number of rotatable bonds is 4. The van der Waals surface area contributed by atoms with Gasteiger partial charge in [-0.3, -0.25) is 9.31 Å². The van der Waals surface area contributed by atoms with E-state index >= 15 is 0 Å². The summed E-state index contributed by atoms with van der Waals surface area (Å²) < 4.78 is 11.1. The van der Waals surface area contributed by atoms with E-state index in [-0.39, 0.29) is 12.0 Å². The molecule has 92 valence electrons. The highest BCUT2D eigenvalue weighted by Gasteiger charge is 2.11. The third-order valence-electron chi connectivity index (χ3n) is 2.19. The molecule has 0 bridgehead atoms. The second kappa shape index (κ2) is 4.66. The van der Waals surface area contributed by atoms with Crippen LogP contribution in [0.4, 0.5) is 11.8 Å². The Kier molecular flexibility index (Phi) is 3.23. The molecule has 0 radical (unpaired) electrons. The van der Waals surface area contributed by atoms with Crippen LogP contribution in [0.5, 0.6) is 0 Å². The fourth-order valence-corrected chi connectivity index (χ4v) is 2.38. The predicted octanol–water partition coefficient (Wildman–Crippen LogP) is 0.114. The van der Waals surface area contributed by atoms with Crippen molar-refractivity contribution in [2.75, 3.05) is 23.1 Å². The fourth-order valence-electron chi connectivity index (χ4n) is 1.59. The van der Waals surface area contributed by atoms with Gasteiger partial charge in [-0.25, -0.2) is 0 Å². The first-order valence-corrected chi connectivity index (χ1v) is 6.82. The first kappa shape index (κ1) is 11.8. The van der Waals surface area contributed by atoms with Gasteiger partial charge >= 0.3 is 0 Å². The van der Waals surface area contributed by atoms with Crippen molar-refractivity contribution in [1.82, 2.24) is 20.2 Å². The SMILES string of the molecule is CC(CS(C)=O)Nc1nc(N)nc2[nH]ncc12. The second-order valence-corrected chi connectivity index (χ2v) is 5.33. The number of anilines is 2. The van der Waals surface area contributed by atoms with Crippen molar-refractivity contribution in [2.45, 2.75) is 13.0 Å². The lowest BCUT2D eigenvalue weighted by molar-refractivity contribution is 0.683. The highest BCUT2D eigenvalue weighted by Crippen LogP contribution is 2.19.